The van der Waals surface area contributed by atoms with Crippen LogP contribution in [0.25, 0.3) is 0 Å². The first-order chi connectivity index (χ1) is 6.77. The summed E-state index contributed by atoms with van der Waals surface area (Å²) in [6.45, 7) is 0.0282. The van der Waals surface area contributed by atoms with E-state index in [1.54, 1.807) is 0 Å². The summed E-state index contributed by atoms with van der Waals surface area (Å²) in [7, 11) is 0. The van der Waals surface area contributed by atoms with E-state index in [1.165, 1.54) is 0 Å². The number of hydrogen-bond acceptors (Lipinski definition) is 3. The van der Waals surface area contributed by atoms with Gasteiger partial charge in [0.1, 0.15) is 0 Å². The second-order valence-corrected chi connectivity index (χ2v) is 2.91. The van der Waals surface area contributed by atoms with Crippen LogP contribution in [0, 0.1) is 12.3 Å². The first-order valence-electron chi connectivity index (χ1n) is 4.36. The Labute approximate surface area is 83.4 Å². The SMILES string of the molecule is C#Cc1ccccc1NCC(O)CO. The van der Waals surface area contributed by atoms with Gasteiger partial charge in [0.2, 0.25) is 0 Å². The Morgan fingerprint density at radius 3 is 2.79 bits per heavy atom. The van der Waals surface area contributed by atoms with Gasteiger partial charge in [0.25, 0.3) is 0 Å². The third-order valence-corrected chi connectivity index (χ3v) is 1.82. The molecule has 0 fully saturated rings. The third kappa shape index (κ3) is 2.77. The van der Waals surface area contributed by atoms with E-state index in [4.69, 9.17) is 16.6 Å². The van der Waals surface area contributed by atoms with Crippen molar-refractivity contribution in [3.05, 3.63) is 29.8 Å². The Morgan fingerprint density at radius 2 is 2.14 bits per heavy atom. The Bertz CT molecular complexity index is 330. The number of aliphatic hydroxyl groups excluding tert-OH is 2. The molecule has 3 nitrogen and oxygen atoms in total. The summed E-state index contributed by atoms with van der Waals surface area (Å²) in [6.07, 6.45) is 4.52. The second-order valence-electron chi connectivity index (χ2n) is 2.91. The molecule has 0 aromatic heterocycles. The van der Waals surface area contributed by atoms with E-state index in [1.807, 2.05) is 24.3 Å². The number of rotatable bonds is 4. The molecular weight excluding hydrogens is 178 g/mol. The molecule has 1 aromatic carbocycles. The highest BCUT2D eigenvalue weighted by molar-refractivity contribution is 5.58. The first kappa shape index (κ1) is 10.6. The standard InChI is InChI=1S/C11H13NO2/c1-2-9-5-3-4-6-11(9)12-7-10(14)8-13/h1,3-6,10,12-14H,7-8H2. The third-order valence-electron chi connectivity index (χ3n) is 1.82. The number of terminal acetylenes is 1. The van der Waals surface area contributed by atoms with E-state index < -0.39 is 6.10 Å². The van der Waals surface area contributed by atoms with Crippen LogP contribution in [-0.4, -0.2) is 29.5 Å². The van der Waals surface area contributed by atoms with Gasteiger partial charge >= 0.3 is 0 Å². The van der Waals surface area contributed by atoms with Gasteiger partial charge in [0, 0.05) is 17.8 Å². The summed E-state index contributed by atoms with van der Waals surface area (Å²) >= 11 is 0. The van der Waals surface area contributed by atoms with E-state index in [2.05, 4.69) is 11.2 Å². The van der Waals surface area contributed by atoms with Crippen LogP contribution in [0.2, 0.25) is 0 Å². The molecule has 74 valence electrons. The van der Waals surface area contributed by atoms with Crippen LogP contribution in [0.4, 0.5) is 5.69 Å². The molecule has 14 heavy (non-hydrogen) atoms. The summed E-state index contributed by atoms with van der Waals surface area (Å²) in [5.41, 5.74) is 1.54. The monoisotopic (exact) mass is 191 g/mol. The summed E-state index contributed by atoms with van der Waals surface area (Å²) in [4.78, 5) is 0. The molecule has 0 saturated carbocycles. The van der Waals surface area contributed by atoms with Crippen molar-refractivity contribution in [2.45, 2.75) is 6.10 Å². The van der Waals surface area contributed by atoms with Crippen molar-refractivity contribution >= 4 is 5.69 Å². The molecule has 1 unspecified atom stereocenters. The summed E-state index contributed by atoms with van der Waals surface area (Å²) in [5.74, 6) is 2.53. The fraction of sp³-hybridized carbons (Fsp3) is 0.273. The lowest BCUT2D eigenvalue weighted by Gasteiger charge is -2.11. The van der Waals surface area contributed by atoms with Crippen LogP contribution in [0.3, 0.4) is 0 Å². The summed E-state index contributed by atoms with van der Waals surface area (Å²) < 4.78 is 0. The molecule has 0 aliphatic rings. The predicted octanol–water partition coefficient (Wildman–Crippen LogP) is 0.433. The van der Waals surface area contributed by atoms with Crippen molar-refractivity contribution in [3.63, 3.8) is 0 Å². The summed E-state index contributed by atoms with van der Waals surface area (Å²) in [6, 6.07) is 7.35. The average Bonchev–Trinajstić information content (AvgIpc) is 2.26. The van der Waals surface area contributed by atoms with Crippen LogP contribution in [-0.2, 0) is 0 Å². The van der Waals surface area contributed by atoms with Gasteiger partial charge < -0.3 is 15.5 Å². The van der Waals surface area contributed by atoms with Gasteiger partial charge in [-0.25, -0.2) is 0 Å². The van der Waals surface area contributed by atoms with E-state index in [-0.39, 0.29) is 13.2 Å². The van der Waals surface area contributed by atoms with Gasteiger partial charge in [-0.05, 0) is 12.1 Å². The first-order valence-corrected chi connectivity index (χ1v) is 4.36. The van der Waals surface area contributed by atoms with E-state index in [0.29, 0.717) is 0 Å². The Hall–Kier alpha value is -1.50. The number of anilines is 1. The van der Waals surface area contributed by atoms with Gasteiger partial charge in [-0.3, -0.25) is 0 Å². The van der Waals surface area contributed by atoms with Gasteiger partial charge in [-0.2, -0.15) is 0 Å². The minimum absolute atomic E-state index is 0.259. The molecule has 0 aliphatic heterocycles. The van der Waals surface area contributed by atoms with Crippen LogP contribution in [0.1, 0.15) is 5.56 Å². The summed E-state index contributed by atoms with van der Waals surface area (Å²) in [5, 5.41) is 20.7. The number of benzene rings is 1. The van der Waals surface area contributed by atoms with Crippen molar-refractivity contribution in [2.75, 3.05) is 18.5 Å². The molecular formula is C11H13NO2. The topological polar surface area (TPSA) is 52.5 Å². The average molecular weight is 191 g/mol. The largest absolute Gasteiger partial charge is 0.394 e. The second kappa shape index (κ2) is 5.28. The van der Waals surface area contributed by atoms with Crippen LogP contribution >= 0.6 is 0 Å². The van der Waals surface area contributed by atoms with Crippen LogP contribution < -0.4 is 5.32 Å². The molecule has 1 aromatic rings. The highest BCUT2D eigenvalue weighted by Crippen LogP contribution is 2.12. The lowest BCUT2D eigenvalue weighted by molar-refractivity contribution is 0.105. The molecule has 0 radical (unpaired) electrons. The Morgan fingerprint density at radius 1 is 1.43 bits per heavy atom. The van der Waals surface area contributed by atoms with Crippen molar-refractivity contribution in [3.8, 4) is 12.3 Å². The molecule has 0 saturated heterocycles. The highest BCUT2D eigenvalue weighted by Gasteiger charge is 2.02. The van der Waals surface area contributed by atoms with Crippen molar-refractivity contribution in [1.29, 1.82) is 0 Å². The predicted molar refractivity (Wildman–Crippen MR) is 56.0 cm³/mol. The molecule has 1 atom stereocenters. The molecule has 0 spiro atoms. The molecule has 0 aliphatic carbocycles. The van der Waals surface area contributed by atoms with E-state index >= 15 is 0 Å². The zero-order chi connectivity index (χ0) is 10.4. The maximum Gasteiger partial charge on any atom is 0.0942 e. The molecule has 3 heteroatoms. The normalized spacial score (nSPS) is 11.8. The Balaban J connectivity index is 2.63. The van der Waals surface area contributed by atoms with Gasteiger partial charge in [0.15, 0.2) is 0 Å². The van der Waals surface area contributed by atoms with E-state index in [9.17, 15) is 0 Å². The molecule has 0 heterocycles. The molecule has 3 N–H and O–H groups in total. The fourth-order valence-corrected chi connectivity index (χ4v) is 1.06. The lowest BCUT2D eigenvalue weighted by Crippen LogP contribution is -2.23. The van der Waals surface area contributed by atoms with Crippen molar-refractivity contribution in [1.82, 2.24) is 0 Å². The van der Waals surface area contributed by atoms with E-state index in [0.717, 1.165) is 11.3 Å². The zero-order valence-electron chi connectivity index (χ0n) is 7.77. The number of hydrogen-bond donors (Lipinski definition) is 3. The minimum Gasteiger partial charge on any atom is -0.394 e. The fourth-order valence-electron chi connectivity index (χ4n) is 1.06. The number of nitrogens with one attached hydrogen (secondary N) is 1. The van der Waals surface area contributed by atoms with Crippen LogP contribution in [0.15, 0.2) is 24.3 Å². The lowest BCUT2D eigenvalue weighted by atomic mass is 10.2. The Kier molecular flexibility index (Phi) is 3.99. The van der Waals surface area contributed by atoms with Crippen LogP contribution in [0.5, 0.6) is 0 Å². The van der Waals surface area contributed by atoms with Gasteiger partial charge in [0.05, 0.1) is 12.7 Å². The zero-order valence-corrected chi connectivity index (χ0v) is 7.77. The van der Waals surface area contributed by atoms with Crippen molar-refractivity contribution in [2.24, 2.45) is 0 Å². The molecule has 0 amide bonds. The smallest absolute Gasteiger partial charge is 0.0942 e. The van der Waals surface area contributed by atoms with Gasteiger partial charge in [-0.1, -0.05) is 18.1 Å². The quantitative estimate of drug-likeness (QED) is 0.605. The maximum atomic E-state index is 9.12. The molecule has 0 bridgehead atoms. The van der Waals surface area contributed by atoms with Crippen molar-refractivity contribution < 1.29 is 10.2 Å². The van der Waals surface area contributed by atoms with Gasteiger partial charge in [-0.15, -0.1) is 6.42 Å². The number of aliphatic hydroxyl groups is 2. The molecule has 1 rings (SSSR count). The highest BCUT2D eigenvalue weighted by atomic mass is 16.3. The maximum absolute atomic E-state index is 9.12. The number of para-hydroxylation sites is 1. The minimum atomic E-state index is -0.763.